The number of hydrogen-bond donors (Lipinski definition) is 0. The molecule has 3 nitrogen and oxygen atoms in total. The van der Waals surface area contributed by atoms with Gasteiger partial charge < -0.3 is 4.90 Å². The van der Waals surface area contributed by atoms with E-state index in [1.807, 2.05) is 24.3 Å². The highest BCUT2D eigenvalue weighted by atomic mass is 35.5. The van der Waals surface area contributed by atoms with Crippen LogP contribution in [0.5, 0.6) is 0 Å². The maximum atomic E-state index is 12.5. The van der Waals surface area contributed by atoms with Gasteiger partial charge in [0.15, 0.2) is 0 Å². The Labute approximate surface area is 148 Å². The Morgan fingerprint density at radius 1 is 1.26 bits per heavy atom. The zero-order chi connectivity index (χ0) is 16.1. The molecule has 1 unspecified atom stereocenters. The number of aryl methyl sites for hydroxylation is 1. The molecule has 1 atom stereocenters. The quantitative estimate of drug-likeness (QED) is 0.830. The van der Waals surface area contributed by atoms with E-state index in [1.165, 1.54) is 17.9 Å². The molecule has 3 rings (SSSR count). The lowest BCUT2D eigenvalue weighted by molar-refractivity contribution is -0.131. The zero-order valence-corrected chi connectivity index (χ0v) is 15.1. The number of halogens is 1. The molecule has 0 saturated carbocycles. The van der Waals surface area contributed by atoms with Crippen LogP contribution in [0.3, 0.4) is 0 Å². The van der Waals surface area contributed by atoms with Gasteiger partial charge in [-0.3, -0.25) is 9.69 Å². The van der Waals surface area contributed by atoms with Crippen LogP contribution in [0.25, 0.3) is 0 Å². The van der Waals surface area contributed by atoms with Crippen LogP contribution < -0.4 is 0 Å². The third-order valence-corrected chi connectivity index (χ3v) is 6.20. The SMILES string of the molecule is O=C(CCc1cccc(Cl)c1)N1CCCN(C2CCSC2)CC1. The molecule has 0 aliphatic carbocycles. The lowest BCUT2D eigenvalue weighted by atomic mass is 10.1. The molecule has 0 aromatic heterocycles. The van der Waals surface area contributed by atoms with Gasteiger partial charge in [0.1, 0.15) is 0 Å². The summed E-state index contributed by atoms with van der Waals surface area (Å²) in [5.41, 5.74) is 1.14. The summed E-state index contributed by atoms with van der Waals surface area (Å²) in [5.74, 6) is 2.85. The van der Waals surface area contributed by atoms with Gasteiger partial charge >= 0.3 is 0 Å². The van der Waals surface area contributed by atoms with Crippen LogP contribution in [-0.2, 0) is 11.2 Å². The summed E-state index contributed by atoms with van der Waals surface area (Å²) in [6.07, 6.45) is 3.77. The molecule has 5 heteroatoms. The summed E-state index contributed by atoms with van der Waals surface area (Å²) in [6, 6.07) is 8.56. The number of nitrogens with zero attached hydrogens (tertiary/aromatic N) is 2. The van der Waals surface area contributed by atoms with Crippen molar-refractivity contribution in [1.29, 1.82) is 0 Å². The van der Waals surface area contributed by atoms with Crippen molar-refractivity contribution in [3.63, 3.8) is 0 Å². The fourth-order valence-corrected chi connectivity index (χ4v) is 4.93. The standard InChI is InChI=1S/C18H25ClN2OS/c19-16-4-1-3-15(13-16)5-6-18(22)21-9-2-8-20(10-11-21)17-7-12-23-14-17/h1,3-4,13,17H,2,5-12,14H2. The monoisotopic (exact) mass is 352 g/mol. The van der Waals surface area contributed by atoms with Crippen LogP contribution in [0.15, 0.2) is 24.3 Å². The van der Waals surface area contributed by atoms with Crippen LogP contribution in [0.2, 0.25) is 5.02 Å². The lowest BCUT2D eigenvalue weighted by Gasteiger charge is -2.26. The van der Waals surface area contributed by atoms with Crippen molar-refractivity contribution in [2.75, 3.05) is 37.7 Å². The van der Waals surface area contributed by atoms with Gasteiger partial charge in [-0.15, -0.1) is 0 Å². The highest BCUT2D eigenvalue weighted by Gasteiger charge is 2.26. The molecule has 2 aliphatic heterocycles. The summed E-state index contributed by atoms with van der Waals surface area (Å²) >= 11 is 8.07. The Hall–Kier alpha value is -0.710. The molecule has 0 spiro atoms. The number of amides is 1. The van der Waals surface area contributed by atoms with Crippen LogP contribution in [0.4, 0.5) is 0 Å². The number of thioether (sulfide) groups is 1. The molecule has 1 aromatic rings. The smallest absolute Gasteiger partial charge is 0.222 e. The first-order valence-corrected chi connectivity index (χ1v) is 10.1. The molecule has 0 N–H and O–H groups in total. The van der Waals surface area contributed by atoms with Gasteiger partial charge in [-0.2, -0.15) is 11.8 Å². The minimum atomic E-state index is 0.285. The Kier molecular flexibility index (Phi) is 6.26. The van der Waals surface area contributed by atoms with Crippen LogP contribution in [0, 0.1) is 0 Å². The second-order valence-electron chi connectivity index (χ2n) is 6.42. The van der Waals surface area contributed by atoms with Crippen molar-refractivity contribution in [3.8, 4) is 0 Å². The predicted molar refractivity (Wildman–Crippen MR) is 98.3 cm³/mol. The van der Waals surface area contributed by atoms with E-state index in [0.29, 0.717) is 6.42 Å². The molecule has 2 saturated heterocycles. The van der Waals surface area contributed by atoms with Crippen molar-refractivity contribution in [2.24, 2.45) is 0 Å². The Morgan fingerprint density at radius 2 is 2.17 bits per heavy atom. The van der Waals surface area contributed by atoms with E-state index >= 15 is 0 Å². The van der Waals surface area contributed by atoms with E-state index in [0.717, 1.165) is 55.6 Å². The first-order chi connectivity index (χ1) is 11.2. The van der Waals surface area contributed by atoms with Gasteiger partial charge in [-0.05, 0) is 42.7 Å². The first-order valence-electron chi connectivity index (χ1n) is 8.56. The molecule has 0 radical (unpaired) electrons. The normalized spacial score (nSPS) is 23.0. The van der Waals surface area contributed by atoms with Gasteiger partial charge in [0.2, 0.25) is 5.91 Å². The molecular weight excluding hydrogens is 328 g/mol. The van der Waals surface area contributed by atoms with E-state index in [-0.39, 0.29) is 5.91 Å². The average molecular weight is 353 g/mol. The third-order valence-electron chi connectivity index (χ3n) is 4.82. The largest absolute Gasteiger partial charge is 0.341 e. The minimum absolute atomic E-state index is 0.285. The minimum Gasteiger partial charge on any atom is -0.341 e. The van der Waals surface area contributed by atoms with Gasteiger partial charge in [0.05, 0.1) is 0 Å². The maximum Gasteiger partial charge on any atom is 0.222 e. The van der Waals surface area contributed by atoms with Gasteiger partial charge in [-0.1, -0.05) is 23.7 Å². The van der Waals surface area contributed by atoms with Crippen LogP contribution in [-0.4, -0.2) is 59.4 Å². The summed E-state index contributed by atoms with van der Waals surface area (Å²) < 4.78 is 0. The number of carbonyl (C=O) groups excluding carboxylic acids is 1. The summed E-state index contributed by atoms with van der Waals surface area (Å²) in [6.45, 7) is 3.97. The Balaban J connectivity index is 1.47. The molecule has 0 bridgehead atoms. The van der Waals surface area contributed by atoms with Gasteiger partial charge in [0.25, 0.3) is 0 Å². The van der Waals surface area contributed by atoms with E-state index in [4.69, 9.17) is 11.6 Å². The Morgan fingerprint density at radius 3 is 2.96 bits per heavy atom. The summed E-state index contributed by atoms with van der Waals surface area (Å²) in [4.78, 5) is 17.2. The van der Waals surface area contributed by atoms with Crippen LogP contribution in [0.1, 0.15) is 24.8 Å². The van der Waals surface area contributed by atoms with Crippen molar-refractivity contribution in [2.45, 2.75) is 31.7 Å². The molecule has 1 aromatic carbocycles. The molecule has 2 fully saturated rings. The molecular formula is C18H25ClN2OS. The van der Waals surface area contributed by atoms with E-state index in [2.05, 4.69) is 21.6 Å². The number of rotatable bonds is 4. The maximum absolute atomic E-state index is 12.5. The highest BCUT2D eigenvalue weighted by Crippen LogP contribution is 2.23. The second kappa shape index (κ2) is 8.41. The Bertz CT molecular complexity index is 534. The van der Waals surface area contributed by atoms with Crippen molar-refractivity contribution in [3.05, 3.63) is 34.9 Å². The third kappa shape index (κ3) is 4.88. The van der Waals surface area contributed by atoms with Crippen molar-refractivity contribution >= 4 is 29.3 Å². The zero-order valence-electron chi connectivity index (χ0n) is 13.5. The predicted octanol–water partition coefficient (Wildman–Crippen LogP) is 3.31. The van der Waals surface area contributed by atoms with E-state index < -0.39 is 0 Å². The molecule has 2 aliphatic rings. The highest BCUT2D eigenvalue weighted by molar-refractivity contribution is 7.99. The lowest BCUT2D eigenvalue weighted by Crippen LogP contribution is -2.39. The topological polar surface area (TPSA) is 23.6 Å². The summed E-state index contributed by atoms with van der Waals surface area (Å²) in [7, 11) is 0. The number of hydrogen-bond acceptors (Lipinski definition) is 3. The van der Waals surface area contributed by atoms with Gasteiger partial charge in [-0.25, -0.2) is 0 Å². The molecule has 2 heterocycles. The first kappa shape index (κ1) is 17.1. The fourth-order valence-electron chi connectivity index (χ4n) is 3.46. The molecule has 1 amide bonds. The summed E-state index contributed by atoms with van der Waals surface area (Å²) in [5, 5.41) is 0.745. The van der Waals surface area contributed by atoms with Gasteiger partial charge in [0, 0.05) is 49.4 Å². The van der Waals surface area contributed by atoms with Crippen LogP contribution >= 0.6 is 23.4 Å². The average Bonchev–Trinajstić information content (AvgIpc) is 2.97. The van der Waals surface area contributed by atoms with E-state index in [9.17, 15) is 4.79 Å². The molecule has 126 valence electrons. The van der Waals surface area contributed by atoms with E-state index in [1.54, 1.807) is 0 Å². The fraction of sp³-hybridized carbons (Fsp3) is 0.611. The molecule has 23 heavy (non-hydrogen) atoms. The van der Waals surface area contributed by atoms with Crippen molar-refractivity contribution < 1.29 is 4.79 Å². The van der Waals surface area contributed by atoms with Crippen molar-refractivity contribution in [1.82, 2.24) is 9.80 Å². The second-order valence-corrected chi connectivity index (χ2v) is 8.00. The number of benzene rings is 1. The number of carbonyl (C=O) groups is 1.